The lowest BCUT2D eigenvalue weighted by molar-refractivity contribution is -0.191. The highest BCUT2D eigenvalue weighted by Crippen LogP contribution is 2.18. The maximum Gasteiger partial charge on any atom is 0.373 e. The second-order valence-corrected chi connectivity index (χ2v) is 11.4. The van der Waals surface area contributed by atoms with Crippen LogP contribution in [0.15, 0.2) is 133 Å². The van der Waals surface area contributed by atoms with Gasteiger partial charge in [0.15, 0.2) is 0 Å². The Labute approximate surface area is 304 Å². The van der Waals surface area contributed by atoms with Crippen LogP contribution in [-0.2, 0) is 40.2 Å². The lowest BCUT2D eigenvalue weighted by Crippen LogP contribution is -1.99. The molecule has 266 valence electrons. The summed E-state index contributed by atoms with van der Waals surface area (Å²) >= 11 is 0. The van der Waals surface area contributed by atoms with Gasteiger partial charge in [-0.25, -0.2) is 20.2 Å². The molecule has 0 aliphatic carbocycles. The van der Waals surface area contributed by atoms with E-state index in [1.807, 2.05) is 60.7 Å². The van der Waals surface area contributed by atoms with Gasteiger partial charge in [-0.1, -0.05) is 115 Å². The Morgan fingerprint density at radius 3 is 1.17 bits per heavy atom. The smallest absolute Gasteiger partial charge is 0.373 e. The van der Waals surface area contributed by atoms with E-state index in [2.05, 4.69) is 89.7 Å². The van der Waals surface area contributed by atoms with E-state index in [-0.39, 0.29) is 6.15 Å². The average Bonchev–Trinajstić information content (AvgIpc) is 3.10. The maximum atomic E-state index is 8.35. The number of isocyanates is 1. The molecule has 0 atom stereocenters. The molecule has 2 heterocycles. The zero-order chi connectivity index (χ0) is 38.1. The summed E-state index contributed by atoms with van der Waals surface area (Å²) < 4.78 is 0. The van der Waals surface area contributed by atoms with Crippen LogP contribution in [-0.4, -0.2) is 22.2 Å². The number of carbonyl (C=O) groups excluding carboxylic acids is 3. The van der Waals surface area contributed by atoms with Crippen LogP contribution >= 0.6 is 0 Å². The normalized spacial score (nSPS) is 9.35. The van der Waals surface area contributed by atoms with Crippen LogP contribution in [0, 0.1) is 12.3 Å². The number of pyridine rings is 2. The Morgan fingerprint density at radius 1 is 0.481 bits per heavy atom. The lowest BCUT2D eigenvalue weighted by Gasteiger charge is -2.07. The quantitative estimate of drug-likeness (QED) is 0.0837. The van der Waals surface area contributed by atoms with E-state index in [4.69, 9.17) is 48.5 Å². The van der Waals surface area contributed by atoms with Crippen molar-refractivity contribution in [3.63, 3.8) is 0 Å². The molecule has 0 bridgehead atoms. The van der Waals surface area contributed by atoms with Crippen LogP contribution in [0.4, 0.5) is 23.3 Å². The minimum atomic E-state index is 0.250. The van der Waals surface area contributed by atoms with E-state index >= 15 is 0 Å². The number of aryl methyl sites for hydroxylation is 1. The fourth-order valence-electron chi connectivity index (χ4n) is 5.06. The number of nitrogens with two attached hydrogens (primary N) is 5. The molecule has 11 nitrogen and oxygen atoms in total. The highest BCUT2D eigenvalue weighted by Gasteiger charge is 2.03. The fraction of sp³-hybridized carbons (Fsp3) is 0.122. The first kappa shape index (κ1) is 41.3. The first-order valence-corrected chi connectivity index (χ1v) is 16.1. The molecule has 4 aromatic carbocycles. The summed E-state index contributed by atoms with van der Waals surface area (Å²) in [5.74, 6) is 1.89. The van der Waals surface area contributed by atoms with Gasteiger partial charge in [0.1, 0.15) is 23.3 Å². The third kappa shape index (κ3) is 17.0. The summed E-state index contributed by atoms with van der Waals surface area (Å²) in [6, 6.07) is 45.0. The summed E-state index contributed by atoms with van der Waals surface area (Å²) in [7, 11) is 0. The van der Waals surface area contributed by atoms with Gasteiger partial charge in [0.2, 0.25) is 6.08 Å². The van der Waals surface area contributed by atoms with Gasteiger partial charge >= 0.3 is 6.15 Å². The number of hydrogen-bond donors (Lipinski definition) is 6. The van der Waals surface area contributed by atoms with E-state index in [0.717, 1.165) is 36.5 Å². The monoisotopic (exact) mass is 696 g/mol. The molecule has 11 heteroatoms. The maximum absolute atomic E-state index is 8.35. The van der Waals surface area contributed by atoms with Gasteiger partial charge in [-0.05, 0) is 89.4 Å². The number of nitrogens with zero attached hydrogens (tertiary/aromatic N) is 2. The van der Waals surface area contributed by atoms with E-state index in [1.165, 1.54) is 33.4 Å². The topological polar surface area (TPSA) is 231 Å². The van der Waals surface area contributed by atoms with Crippen molar-refractivity contribution in [2.24, 2.45) is 5.73 Å². The molecule has 0 unspecified atom stereocenters. The van der Waals surface area contributed by atoms with Crippen LogP contribution in [0.2, 0.25) is 0 Å². The Balaban J connectivity index is 0.000000271. The van der Waals surface area contributed by atoms with Gasteiger partial charge in [-0.15, -0.1) is 0 Å². The SMILES string of the molecule is Cc1cccc(Cc2cc(N)nc(N)c2)c1.N=C=O.NCc1ccccc1.Nc1cc(Cc2cccc(Cc3ccccc3)c2)cc(N)n1.O=C=O. The number of benzene rings is 4. The lowest BCUT2D eigenvalue weighted by atomic mass is 9.99. The summed E-state index contributed by atoms with van der Waals surface area (Å²) in [6.07, 6.45) is 3.58. The summed E-state index contributed by atoms with van der Waals surface area (Å²) in [5.41, 5.74) is 37.9. The fourth-order valence-corrected chi connectivity index (χ4v) is 5.06. The van der Waals surface area contributed by atoms with Crippen molar-refractivity contribution >= 4 is 35.5 Å². The van der Waals surface area contributed by atoms with Crippen molar-refractivity contribution in [3.8, 4) is 0 Å². The van der Waals surface area contributed by atoms with E-state index in [0.29, 0.717) is 29.8 Å². The molecule has 6 rings (SSSR count). The number of aromatic nitrogens is 2. The molecule has 0 aliphatic rings. The van der Waals surface area contributed by atoms with Gasteiger partial charge in [0.05, 0.1) is 0 Å². The van der Waals surface area contributed by atoms with Crippen molar-refractivity contribution in [1.82, 2.24) is 9.97 Å². The van der Waals surface area contributed by atoms with E-state index in [1.54, 1.807) is 0 Å². The zero-order valence-electron chi connectivity index (χ0n) is 29.0. The Morgan fingerprint density at radius 2 is 0.808 bits per heavy atom. The third-order valence-corrected chi connectivity index (χ3v) is 7.07. The van der Waals surface area contributed by atoms with Crippen molar-refractivity contribution in [3.05, 3.63) is 178 Å². The predicted octanol–water partition coefficient (Wildman–Crippen LogP) is 6.04. The summed E-state index contributed by atoms with van der Waals surface area (Å²) in [6.45, 7) is 2.72. The summed E-state index contributed by atoms with van der Waals surface area (Å²) in [4.78, 5) is 32.6. The molecule has 0 aliphatic heterocycles. The van der Waals surface area contributed by atoms with Crippen molar-refractivity contribution in [2.45, 2.75) is 32.7 Å². The van der Waals surface area contributed by atoms with Crippen molar-refractivity contribution < 1.29 is 14.4 Å². The Hall–Kier alpha value is -6.90. The van der Waals surface area contributed by atoms with Gasteiger partial charge in [0.25, 0.3) is 0 Å². The van der Waals surface area contributed by atoms with Gasteiger partial charge in [-0.2, -0.15) is 9.59 Å². The highest BCUT2D eigenvalue weighted by molar-refractivity contribution is 5.46. The predicted molar refractivity (Wildman–Crippen MR) is 206 cm³/mol. The van der Waals surface area contributed by atoms with Crippen LogP contribution in [0.25, 0.3) is 0 Å². The molecule has 0 radical (unpaired) electrons. The molecule has 6 aromatic rings. The number of anilines is 4. The molecular formula is C41H44N8O3. The molecule has 2 aromatic heterocycles. The Kier molecular flexibility index (Phi) is 18.6. The minimum absolute atomic E-state index is 0.250. The first-order valence-electron chi connectivity index (χ1n) is 16.1. The van der Waals surface area contributed by atoms with E-state index in [9.17, 15) is 0 Å². The van der Waals surface area contributed by atoms with Crippen LogP contribution in [0.1, 0.15) is 44.5 Å². The Bertz CT molecular complexity index is 1960. The van der Waals surface area contributed by atoms with Crippen molar-refractivity contribution in [1.29, 1.82) is 5.41 Å². The van der Waals surface area contributed by atoms with Crippen molar-refractivity contribution in [2.75, 3.05) is 22.9 Å². The standard InChI is InChI=1S/C19H19N3.C13H15N3.C7H9N.CHNO.CO2/c20-18-12-17(13-19(21)22-18)11-16-8-4-7-15(10-16)9-14-5-2-1-3-6-14;1-9-3-2-4-10(5-9)6-11-7-12(14)16-13(15)8-11;8-6-7-4-2-1-3-5-7;2*2-1-3/h1-8,10,12-13H,9,11H2,(H4,20,21,22);2-5,7-8H,6H2,1H3,(H4,14,15,16);1-5H,6,8H2;2H;. The number of nitrogen functional groups attached to an aromatic ring is 4. The van der Waals surface area contributed by atoms with E-state index < -0.39 is 0 Å². The van der Waals surface area contributed by atoms with Crippen LogP contribution in [0.3, 0.4) is 0 Å². The minimum Gasteiger partial charge on any atom is -0.384 e. The molecule has 0 fully saturated rings. The van der Waals surface area contributed by atoms with Crippen LogP contribution in [0.5, 0.6) is 0 Å². The number of rotatable bonds is 7. The van der Waals surface area contributed by atoms with Gasteiger partial charge in [0, 0.05) is 6.54 Å². The molecule has 52 heavy (non-hydrogen) atoms. The zero-order valence-corrected chi connectivity index (χ0v) is 29.0. The second kappa shape index (κ2) is 23.5. The highest BCUT2D eigenvalue weighted by atomic mass is 16.2. The average molecular weight is 697 g/mol. The summed E-state index contributed by atoms with van der Waals surface area (Å²) in [5, 5.41) is 5.40. The van der Waals surface area contributed by atoms with Crippen LogP contribution < -0.4 is 28.7 Å². The molecular weight excluding hydrogens is 653 g/mol. The van der Waals surface area contributed by atoms with Gasteiger partial charge in [-0.3, -0.25) is 0 Å². The molecule has 0 spiro atoms. The molecule has 0 amide bonds. The molecule has 11 N–H and O–H groups in total. The third-order valence-electron chi connectivity index (χ3n) is 7.07. The molecule has 0 saturated carbocycles. The largest absolute Gasteiger partial charge is 0.384 e. The second-order valence-electron chi connectivity index (χ2n) is 11.4. The first-order chi connectivity index (χ1) is 25.1. The van der Waals surface area contributed by atoms with Gasteiger partial charge < -0.3 is 28.7 Å². The molecule has 0 saturated heterocycles. The number of nitrogens with one attached hydrogen (secondary N) is 1. The number of hydrogen-bond acceptors (Lipinski definition) is 11.